The molecule has 0 aliphatic carbocycles. The highest BCUT2D eigenvalue weighted by atomic mass is 16.6. The first-order valence-corrected chi connectivity index (χ1v) is 6.53. The van der Waals surface area contributed by atoms with Gasteiger partial charge in [-0.25, -0.2) is 4.79 Å². The van der Waals surface area contributed by atoms with E-state index in [0.717, 1.165) is 11.8 Å². The van der Waals surface area contributed by atoms with Crippen LogP contribution < -0.4 is 5.32 Å². The smallest absolute Gasteiger partial charge is 0.408 e. The van der Waals surface area contributed by atoms with Gasteiger partial charge in [0.05, 0.1) is 6.04 Å². The monoisotopic (exact) mass is 275 g/mol. The van der Waals surface area contributed by atoms with E-state index in [1.54, 1.807) is 33.8 Å². The van der Waals surface area contributed by atoms with Crippen LogP contribution in [0, 0.1) is 0 Å². The zero-order chi connectivity index (χ0) is 15.2. The van der Waals surface area contributed by atoms with Gasteiger partial charge in [0.2, 0.25) is 0 Å². The van der Waals surface area contributed by atoms with Crippen molar-refractivity contribution in [2.45, 2.75) is 39.3 Å². The highest BCUT2D eigenvalue weighted by Gasteiger charge is 2.22. The average Bonchev–Trinajstić information content (AvgIpc) is 2.38. The Kier molecular flexibility index (Phi) is 5.50. The number of hydrogen-bond donors (Lipinski definition) is 1. The van der Waals surface area contributed by atoms with Gasteiger partial charge in [-0.2, -0.15) is 0 Å². The number of nitrogens with one attached hydrogen (secondary N) is 1. The van der Waals surface area contributed by atoms with Crippen LogP contribution in [0.3, 0.4) is 0 Å². The molecule has 1 atom stereocenters. The molecule has 0 bridgehead atoms. The SMILES string of the molecule is C/C=C(\C=O)[C@H](NC(=O)OC(C)(C)C)c1ccccc1. The number of allylic oxidation sites excluding steroid dienone is 1. The summed E-state index contributed by atoms with van der Waals surface area (Å²) in [6.07, 6.45) is 1.88. The van der Waals surface area contributed by atoms with Crippen molar-refractivity contribution in [1.29, 1.82) is 0 Å². The molecule has 0 aliphatic heterocycles. The summed E-state index contributed by atoms with van der Waals surface area (Å²) in [4.78, 5) is 23.1. The van der Waals surface area contributed by atoms with Crippen LogP contribution in [-0.2, 0) is 9.53 Å². The molecule has 0 unspecified atom stereocenters. The maximum atomic E-state index is 11.9. The molecule has 1 aromatic rings. The van der Waals surface area contributed by atoms with E-state index >= 15 is 0 Å². The van der Waals surface area contributed by atoms with Crippen molar-refractivity contribution in [3.63, 3.8) is 0 Å². The van der Waals surface area contributed by atoms with Gasteiger partial charge >= 0.3 is 6.09 Å². The molecule has 20 heavy (non-hydrogen) atoms. The lowest BCUT2D eigenvalue weighted by Gasteiger charge is -2.24. The van der Waals surface area contributed by atoms with Crippen molar-refractivity contribution >= 4 is 12.4 Å². The lowest BCUT2D eigenvalue weighted by Crippen LogP contribution is -2.35. The third-order valence-electron chi connectivity index (χ3n) is 2.60. The van der Waals surface area contributed by atoms with E-state index in [2.05, 4.69) is 5.32 Å². The topological polar surface area (TPSA) is 55.4 Å². The summed E-state index contributed by atoms with van der Waals surface area (Å²) in [7, 11) is 0. The van der Waals surface area contributed by atoms with E-state index in [-0.39, 0.29) is 0 Å². The molecule has 0 spiro atoms. The van der Waals surface area contributed by atoms with Crippen LogP contribution in [0.5, 0.6) is 0 Å². The van der Waals surface area contributed by atoms with Gasteiger partial charge in [0.25, 0.3) is 0 Å². The van der Waals surface area contributed by atoms with Gasteiger partial charge in [-0.1, -0.05) is 36.4 Å². The Morgan fingerprint density at radius 3 is 2.30 bits per heavy atom. The molecule has 4 heteroatoms. The number of carbonyl (C=O) groups excluding carboxylic acids is 2. The molecule has 0 radical (unpaired) electrons. The van der Waals surface area contributed by atoms with E-state index in [1.807, 2.05) is 30.3 Å². The second-order valence-electron chi connectivity index (χ2n) is 5.40. The minimum absolute atomic E-state index is 0.488. The van der Waals surface area contributed by atoms with Crippen molar-refractivity contribution < 1.29 is 14.3 Å². The van der Waals surface area contributed by atoms with Crippen LogP contribution in [0.4, 0.5) is 4.79 Å². The van der Waals surface area contributed by atoms with Gasteiger partial charge in [0, 0.05) is 5.57 Å². The predicted molar refractivity (Wildman–Crippen MR) is 78.4 cm³/mol. The highest BCUT2D eigenvalue weighted by Crippen LogP contribution is 2.21. The zero-order valence-corrected chi connectivity index (χ0v) is 12.3. The van der Waals surface area contributed by atoms with Gasteiger partial charge in [0.15, 0.2) is 0 Å². The summed E-state index contributed by atoms with van der Waals surface area (Å²) in [6, 6.07) is 8.80. The second-order valence-corrected chi connectivity index (χ2v) is 5.40. The number of hydrogen-bond acceptors (Lipinski definition) is 3. The van der Waals surface area contributed by atoms with Gasteiger partial charge in [-0.05, 0) is 33.3 Å². The maximum absolute atomic E-state index is 11.9. The Bertz CT molecular complexity index is 486. The van der Waals surface area contributed by atoms with Crippen LogP contribution in [0.15, 0.2) is 42.0 Å². The number of amides is 1. The van der Waals surface area contributed by atoms with E-state index in [1.165, 1.54) is 0 Å². The average molecular weight is 275 g/mol. The number of carbonyl (C=O) groups is 2. The fraction of sp³-hybridized carbons (Fsp3) is 0.375. The van der Waals surface area contributed by atoms with Crippen molar-refractivity contribution in [3.05, 3.63) is 47.5 Å². The maximum Gasteiger partial charge on any atom is 0.408 e. The van der Waals surface area contributed by atoms with Crippen LogP contribution in [0.25, 0.3) is 0 Å². The second kappa shape index (κ2) is 6.89. The fourth-order valence-electron chi connectivity index (χ4n) is 1.73. The normalized spacial score (nSPS) is 13.5. The Balaban J connectivity index is 2.96. The van der Waals surface area contributed by atoms with Crippen molar-refractivity contribution in [1.82, 2.24) is 5.32 Å². The molecule has 108 valence electrons. The Labute approximate surface area is 119 Å². The molecule has 0 aliphatic rings. The first-order chi connectivity index (χ1) is 9.37. The van der Waals surface area contributed by atoms with E-state index in [4.69, 9.17) is 4.74 Å². The lowest BCUT2D eigenvalue weighted by atomic mass is 9.99. The first-order valence-electron chi connectivity index (χ1n) is 6.53. The largest absolute Gasteiger partial charge is 0.444 e. The molecule has 0 fully saturated rings. The Hall–Kier alpha value is -2.10. The summed E-state index contributed by atoms with van der Waals surface area (Å²) in [5, 5.41) is 2.73. The van der Waals surface area contributed by atoms with Crippen LogP contribution >= 0.6 is 0 Å². The lowest BCUT2D eigenvalue weighted by molar-refractivity contribution is -0.105. The third-order valence-corrected chi connectivity index (χ3v) is 2.60. The molecular formula is C16H21NO3. The van der Waals surface area contributed by atoms with Crippen molar-refractivity contribution in [2.24, 2.45) is 0 Å². The quantitative estimate of drug-likeness (QED) is 0.677. The van der Waals surface area contributed by atoms with Crippen LogP contribution in [0.1, 0.15) is 39.3 Å². The number of benzene rings is 1. The zero-order valence-electron chi connectivity index (χ0n) is 12.3. The summed E-state index contributed by atoms with van der Waals surface area (Å²) in [6.45, 7) is 7.14. The highest BCUT2D eigenvalue weighted by molar-refractivity contribution is 5.78. The standard InChI is InChI=1S/C16H21NO3/c1-5-12(11-18)14(13-9-7-6-8-10-13)17-15(19)20-16(2,3)4/h5-11,14H,1-4H3,(H,17,19)/b12-5+/t14-/m0/s1. The van der Waals surface area contributed by atoms with Crippen molar-refractivity contribution in [3.8, 4) is 0 Å². The van der Waals surface area contributed by atoms with Gasteiger partial charge in [-0.3, -0.25) is 4.79 Å². The number of ether oxygens (including phenoxy) is 1. The van der Waals surface area contributed by atoms with E-state index in [0.29, 0.717) is 5.57 Å². The van der Waals surface area contributed by atoms with Crippen LogP contribution in [0.2, 0.25) is 0 Å². The minimum atomic E-state index is -0.581. The molecule has 0 saturated heterocycles. The molecule has 0 heterocycles. The van der Waals surface area contributed by atoms with E-state index < -0.39 is 17.7 Å². The first kappa shape index (κ1) is 16.0. The molecule has 1 aromatic carbocycles. The van der Waals surface area contributed by atoms with Gasteiger partial charge in [0.1, 0.15) is 11.9 Å². The Morgan fingerprint density at radius 1 is 1.25 bits per heavy atom. The van der Waals surface area contributed by atoms with Gasteiger partial charge < -0.3 is 10.1 Å². The molecule has 1 rings (SSSR count). The number of alkyl carbamates (subject to hydrolysis) is 1. The third kappa shape index (κ3) is 4.88. The molecule has 0 aromatic heterocycles. The molecule has 0 saturated carbocycles. The van der Waals surface area contributed by atoms with Gasteiger partial charge in [-0.15, -0.1) is 0 Å². The van der Waals surface area contributed by atoms with E-state index in [9.17, 15) is 9.59 Å². The molecule has 1 N–H and O–H groups in total. The number of rotatable bonds is 4. The molecular weight excluding hydrogens is 254 g/mol. The Morgan fingerprint density at radius 2 is 1.85 bits per heavy atom. The summed E-state index contributed by atoms with van der Waals surface area (Å²) in [5.41, 5.74) is 0.739. The molecule has 1 amide bonds. The fourth-order valence-corrected chi connectivity index (χ4v) is 1.73. The summed E-state index contributed by atoms with van der Waals surface area (Å²) < 4.78 is 5.24. The predicted octanol–water partition coefficient (Wildman–Crippen LogP) is 3.40. The minimum Gasteiger partial charge on any atom is -0.444 e. The summed E-state index contributed by atoms with van der Waals surface area (Å²) >= 11 is 0. The van der Waals surface area contributed by atoms with Crippen LogP contribution in [-0.4, -0.2) is 18.0 Å². The molecule has 4 nitrogen and oxygen atoms in total. The van der Waals surface area contributed by atoms with Crippen molar-refractivity contribution in [2.75, 3.05) is 0 Å². The number of aldehydes is 1. The summed E-state index contributed by atoms with van der Waals surface area (Å²) in [5.74, 6) is 0.